The molecule has 26 heavy (non-hydrogen) atoms. The summed E-state index contributed by atoms with van der Waals surface area (Å²) in [5, 5.41) is 3.43. The Balaban J connectivity index is 1.67. The number of anilines is 1. The lowest BCUT2D eigenvalue weighted by molar-refractivity contribution is -0.142. The fraction of sp³-hybridized carbons (Fsp3) is 0.526. The Morgan fingerprint density at radius 2 is 2.04 bits per heavy atom. The van der Waals surface area contributed by atoms with E-state index in [-0.39, 0.29) is 17.9 Å². The number of fused-ring (bicyclic) bond motifs is 1. The van der Waals surface area contributed by atoms with E-state index in [1.165, 1.54) is 11.3 Å². The molecule has 2 fully saturated rings. The molecule has 1 aliphatic carbocycles. The molecule has 2 aromatic rings. The average Bonchev–Trinajstić information content (AvgIpc) is 2.95. The van der Waals surface area contributed by atoms with Crippen LogP contribution in [0.3, 0.4) is 0 Å². The van der Waals surface area contributed by atoms with Crippen LogP contribution in [-0.4, -0.2) is 35.3 Å². The molecule has 1 atom stereocenters. The number of piperidine rings is 1. The molecule has 138 valence electrons. The molecule has 6 nitrogen and oxygen atoms in total. The van der Waals surface area contributed by atoms with Crippen molar-refractivity contribution in [1.82, 2.24) is 15.2 Å². The van der Waals surface area contributed by atoms with Crippen LogP contribution in [0.15, 0.2) is 12.1 Å². The molecule has 2 amide bonds. The highest BCUT2D eigenvalue weighted by Gasteiger charge is 2.35. The zero-order chi connectivity index (χ0) is 18.3. The van der Waals surface area contributed by atoms with Crippen LogP contribution in [0.2, 0.25) is 0 Å². The van der Waals surface area contributed by atoms with Crippen molar-refractivity contribution in [2.24, 2.45) is 5.92 Å². The van der Waals surface area contributed by atoms with Crippen molar-refractivity contribution in [3.63, 3.8) is 0 Å². The second-order valence-corrected chi connectivity index (χ2v) is 8.18. The largest absolute Gasteiger partial charge is 0.397 e. The summed E-state index contributed by atoms with van der Waals surface area (Å²) in [7, 11) is 1.59. The van der Waals surface area contributed by atoms with Gasteiger partial charge < -0.3 is 16.0 Å². The Kier molecular flexibility index (Phi) is 4.56. The normalized spacial score (nSPS) is 20.8. The van der Waals surface area contributed by atoms with Gasteiger partial charge in [0.05, 0.1) is 17.4 Å². The van der Waals surface area contributed by atoms with Gasteiger partial charge >= 0.3 is 0 Å². The monoisotopic (exact) mass is 372 g/mol. The topological polar surface area (TPSA) is 88.3 Å². The van der Waals surface area contributed by atoms with Crippen LogP contribution >= 0.6 is 11.3 Å². The van der Waals surface area contributed by atoms with E-state index in [0.717, 1.165) is 61.0 Å². The Hall–Kier alpha value is -2.15. The maximum atomic E-state index is 12.8. The minimum Gasteiger partial charge on any atom is -0.397 e. The molecule has 3 N–H and O–H groups in total. The van der Waals surface area contributed by atoms with Crippen LogP contribution in [-0.2, 0) is 4.79 Å². The van der Waals surface area contributed by atoms with E-state index in [0.29, 0.717) is 16.5 Å². The van der Waals surface area contributed by atoms with E-state index in [1.807, 2.05) is 17.0 Å². The average molecular weight is 372 g/mol. The third kappa shape index (κ3) is 2.84. The molecule has 1 aliphatic heterocycles. The van der Waals surface area contributed by atoms with Crippen LogP contribution in [0.25, 0.3) is 10.2 Å². The number of nitrogens with two attached hydrogens (primary N) is 1. The summed E-state index contributed by atoms with van der Waals surface area (Å²) < 4.78 is 0. The lowest BCUT2D eigenvalue weighted by Gasteiger charge is -2.39. The number of aromatic nitrogens is 1. The number of thiophene rings is 1. The van der Waals surface area contributed by atoms with Crippen molar-refractivity contribution >= 4 is 39.1 Å². The summed E-state index contributed by atoms with van der Waals surface area (Å²) in [4.78, 5) is 32.9. The predicted molar refractivity (Wildman–Crippen MR) is 103 cm³/mol. The van der Waals surface area contributed by atoms with Gasteiger partial charge in [-0.15, -0.1) is 11.3 Å². The van der Waals surface area contributed by atoms with Crippen LogP contribution in [0.5, 0.6) is 0 Å². The van der Waals surface area contributed by atoms with Crippen LogP contribution in [0, 0.1) is 5.92 Å². The number of hydrogen-bond acceptors (Lipinski definition) is 5. The third-order valence-corrected chi connectivity index (χ3v) is 6.74. The van der Waals surface area contributed by atoms with Gasteiger partial charge in [0.25, 0.3) is 5.91 Å². The highest BCUT2D eigenvalue weighted by atomic mass is 32.1. The van der Waals surface area contributed by atoms with Crippen molar-refractivity contribution in [3.8, 4) is 0 Å². The van der Waals surface area contributed by atoms with E-state index in [4.69, 9.17) is 10.7 Å². The van der Waals surface area contributed by atoms with Crippen LogP contribution < -0.4 is 11.1 Å². The van der Waals surface area contributed by atoms with E-state index in [1.54, 1.807) is 7.05 Å². The number of hydrogen-bond donors (Lipinski definition) is 2. The molecule has 3 heterocycles. The van der Waals surface area contributed by atoms with Gasteiger partial charge in [-0.3, -0.25) is 9.59 Å². The Bertz CT molecular complexity index is 859. The van der Waals surface area contributed by atoms with Crippen molar-refractivity contribution in [2.45, 2.75) is 44.6 Å². The van der Waals surface area contributed by atoms with Gasteiger partial charge in [-0.05, 0) is 44.2 Å². The number of rotatable bonds is 3. The van der Waals surface area contributed by atoms with Gasteiger partial charge in [0, 0.05) is 24.9 Å². The molecule has 1 saturated carbocycles. The number of nitrogens with one attached hydrogen (secondary N) is 1. The minimum atomic E-state index is -0.188. The van der Waals surface area contributed by atoms with Crippen LogP contribution in [0.1, 0.15) is 59.9 Å². The number of likely N-dealkylation sites (tertiary alicyclic amines) is 1. The maximum Gasteiger partial charge on any atom is 0.263 e. The van der Waals surface area contributed by atoms with Gasteiger partial charge in [0.1, 0.15) is 9.71 Å². The first-order valence-electron chi connectivity index (χ1n) is 9.31. The van der Waals surface area contributed by atoms with Gasteiger partial charge in [-0.2, -0.15) is 0 Å². The molecule has 0 radical (unpaired) electrons. The fourth-order valence-electron chi connectivity index (χ4n) is 3.87. The molecule has 4 rings (SSSR count). The first kappa shape index (κ1) is 17.3. The predicted octanol–water partition coefficient (Wildman–Crippen LogP) is 3.09. The zero-order valence-corrected chi connectivity index (χ0v) is 15.8. The smallest absolute Gasteiger partial charge is 0.263 e. The maximum absolute atomic E-state index is 12.8. The van der Waals surface area contributed by atoms with E-state index in [2.05, 4.69) is 5.32 Å². The van der Waals surface area contributed by atoms with E-state index < -0.39 is 0 Å². The molecule has 7 heteroatoms. The summed E-state index contributed by atoms with van der Waals surface area (Å²) in [5.41, 5.74) is 7.52. The lowest BCUT2D eigenvalue weighted by atomic mass is 9.83. The molecular weight excluding hydrogens is 348 g/mol. The number of nitrogen functional groups attached to an aromatic ring is 1. The van der Waals surface area contributed by atoms with Crippen molar-refractivity contribution < 1.29 is 9.59 Å². The molecular formula is C19H24N4O2S. The fourth-order valence-corrected chi connectivity index (χ4v) is 4.92. The number of amides is 2. The Morgan fingerprint density at radius 1 is 1.23 bits per heavy atom. The summed E-state index contributed by atoms with van der Waals surface area (Å²) in [6, 6.07) is 3.94. The van der Waals surface area contributed by atoms with Gasteiger partial charge in [-0.1, -0.05) is 6.42 Å². The number of pyridine rings is 1. The number of nitrogens with zero attached hydrogens (tertiary/aromatic N) is 2. The highest BCUT2D eigenvalue weighted by molar-refractivity contribution is 7.21. The van der Waals surface area contributed by atoms with Crippen molar-refractivity contribution in [3.05, 3.63) is 22.7 Å². The Labute approximate surface area is 156 Å². The van der Waals surface area contributed by atoms with Gasteiger partial charge in [0.2, 0.25) is 5.91 Å². The minimum absolute atomic E-state index is 0.0352. The van der Waals surface area contributed by atoms with Crippen LogP contribution in [0.4, 0.5) is 5.69 Å². The molecule has 2 aromatic heterocycles. The molecule has 1 saturated heterocycles. The Morgan fingerprint density at radius 3 is 2.73 bits per heavy atom. The summed E-state index contributed by atoms with van der Waals surface area (Å²) in [6.07, 6.45) is 6.31. The molecule has 0 bridgehead atoms. The summed E-state index contributed by atoms with van der Waals surface area (Å²) in [5.74, 6) is 0.308. The second kappa shape index (κ2) is 6.87. The van der Waals surface area contributed by atoms with Gasteiger partial charge in [-0.25, -0.2) is 4.98 Å². The zero-order valence-electron chi connectivity index (χ0n) is 15.0. The first-order valence-corrected chi connectivity index (χ1v) is 10.1. The third-order valence-electron chi connectivity index (χ3n) is 5.63. The molecule has 0 unspecified atom stereocenters. The summed E-state index contributed by atoms with van der Waals surface area (Å²) >= 11 is 1.31. The summed E-state index contributed by atoms with van der Waals surface area (Å²) in [6.45, 7) is 0.815. The first-order chi connectivity index (χ1) is 12.6. The van der Waals surface area contributed by atoms with Gasteiger partial charge in [0.15, 0.2) is 0 Å². The molecule has 2 aliphatic rings. The van der Waals surface area contributed by atoms with E-state index in [9.17, 15) is 9.59 Å². The standard InChI is InChI=1S/C19H24N4O2S/c1-21-17(24)16-15(20)12-8-9-13(22-18(12)26-16)14-7-2-3-10-23(14)19(25)11-5-4-6-11/h8-9,11,14H,2-7,10,20H2,1H3,(H,21,24)/t14-/m1/s1. The van der Waals surface area contributed by atoms with Crippen molar-refractivity contribution in [1.29, 1.82) is 0 Å². The number of carbonyl (C=O) groups is 2. The second-order valence-electron chi connectivity index (χ2n) is 7.18. The van der Waals surface area contributed by atoms with E-state index >= 15 is 0 Å². The highest BCUT2D eigenvalue weighted by Crippen LogP contribution is 2.38. The number of carbonyl (C=O) groups excluding carboxylic acids is 2. The quantitative estimate of drug-likeness (QED) is 0.866. The molecule has 0 spiro atoms. The molecule has 0 aromatic carbocycles. The SMILES string of the molecule is CNC(=O)c1sc2nc([C@H]3CCCCN3C(=O)C3CCC3)ccc2c1N. The lowest BCUT2D eigenvalue weighted by Crippen LogP contribution is -2.43. The van der Waals surface area contributed by atoms with Crippen molar-refractivity contribution in [2.75, 3.05) is 19.3 Å².